The maximum absolute atomic E-state index is 3.95. The van der Waals surface area contributed by atoms with Gasteiger partial charge in [-0.2, -0.15) is 0 Å². The van der Waals surface area contributed by atoms with E-state index in [1.165, 1.54) is 83.9 Å². The average molecular weight is 759 g/mol. The van der Waals surface area contributed by atoms with E-state index in [9.17, 15) is 0 Å². The Labute approximate surface area is 348 Å². The van der Waals surface area contributed by atoms with Gasteiger partial charge in [0.15, 0.2) is 0 Å². The van der Waals surface area contributed by atoms with E-state index < -0.39 is 0 Å². The van der Waals surface area contributed by atoms with E-state index in [0.717, 1.165) is 18.4 Å². The van der Waals surface area contributed by atoms with E-state index in [1.54, 1.807) is 0 Å². The molecule has 1 aromatic heterocycles. The van der Waals surface area contributed by atoms with Gasteiger partial charge >= 0.3 is 0 Å². The number of para-hydroxylation sites is 1. The van der Waals surface area contributed by atoms with Crippen molar-refractivity contribution in [3.8, 4) is 27.9 Å². The molecule has 284 valence electrons. The Balaban J connectivity index is 1.02. The van der Waals surface area contributed by atoms with Crippen molar-refractivity contribution in [3.63, 3.8) is 0 Å². The Bertz CT molecular complexity index is 2860. The third-order valence-corrected chi connectivity index (χ3v) is 12.3. The molecule has 0 fully saturated rings. The van der Waals surface area contributed by atoms with Crippen LogP contribution in [0.2, 0.25) is 0 Å². The number of aromatic nitrogens is 1. The minimum absolute atomic E-state index is 0.228. The van der Waals surface area contributed by atoms with Gasteiger partial charge in [0.1, 0.15) is 0 Å². The van der Waals surface area contributed by atoms with Gasteiger partial charge in [-0.25, -0.2) is 0 Å². The third kappa shape index (κ3) is 6.87. The highest BCUT2D eigenvalue weighted by molar-refractivity contribution is 5.95. The van der Waals surface area contributed by atoms with Crippen LogP contribution < -0.4 is 4.90 Å². The molecule has 59 heavy (non-hydrogen) atoms. The average Bonchev–Trinajstić information content (AvgIpc) is 3.65. The van der Waals surface area contributed by atoms with Crippen LogP contribution in [0.4, 0.5) is 11.4 Å². The maximum atomic E-state index is 3.95. The first-order valence-electron chi connectivity index (χ1n) is 20.8. The van der Waals surface area contributed by atoms with Gasteiger partial charge in [-0.15, -0.1) is 0 Å². The summed E-state index contributed by atoms with van der Waals surface area (Å²) in [5, 5.41) is 1.31. The Kier molecular flexibility index (Phi) is 9.60. The fourth-order valence-corrected chi connectivity index (χ4v) is 9.23. The molecule has 1 unspecified atom stereocenters. The molecule has 0 bridgehead atoms. The van der Waals surface area contributed by atoms with Crippen molar-refractivity contribution in [2.75, 3.05) is 4.90 Å². The zero-order valence-corrected chi connectivity index (χ0v) is 33.4. The normalized spacial score (nSPS) is 15.9. The van der Waals surface area contributed by atoms with Crippen LogP contribution in [0.15, 0.2) is 212 Å². The van der Waals surface area contributed by atoms with E-state index in [1.807, 2.05) is 6.08 Å². The minimum Gasteiger partial charge on any atom is -0.314 e. The monoisotopic (exact) mass is 758 g/mol. The predicted octanol–water partition coefficient (Wildman–Crippen LogP) is 15.4. The Hall–Kier alpha value is -7.16. The number of hydrogen-bond donors (Lipinski definition) is 0. The minimum atomic E-state index is 0.228. The number of benzene rings is 7. The topological polar surface area (TPSA) is 8.17 Å². The van der Waals surface area contributed by atoms with Gasteiger partial charge in [-0.1, -0.05) is 165 Å². The van der Waals surface area contributed by atoms with Crippen molar-refractivity contribution in [1.29, 1.82) is 0 Å². The van der Waals surface area contributed by atoms with Gasteiger partial charge in [0, 0.05) is 34.1 Å². The Morgan fingerprint density at radius 2 is 1.15 bits per heavy atom. The molecule has 2 aliphatic rings. The summed E-state index contributed by atoms with van der Waals surface area (Å²) in [6, 6.07) is 66.3. The molecule has 2 atom stereocenters. The van der Waals surface area contributed by atoms with Gasteiger partial charge < -0.3 is 9.47 Å². The van der Waals surface area contributed by atoms with Crippen LogP contribution in [0.5, 0.6) is 0 Å². The van der Waals surface area contributed by atoms with Crippen molar-refractivity contribution in [2.24, 2.45) is 0 Å². The molecule has 2 aliphatic carbocycles. The number of allylic oxidation sites excluding steroid dienone is 5. The molecule has 0 radical (unpaired) electrons. The molecule has 0 aliphatic heterocycles. The maximum Gasteiger partial charge on any atom is 0.0538 e. The molecule has 7 aromatic carbocycles. The second-order valence-electron chi connectivity index (χ2n) is 15.8. The molecule has 0 saturated heterocycles. The van der Waals surface area contributed by atoms with Crippen molar-refractivity contribution < 1.29 is 0 Å². The molecule has 10 rings (SSSR count). The standard InChI is InChI=1S/C57H46N2/c1-3-41-19-21-46(22-20-41)48-29-37-55-54(39-48)57-40(2)53(36-38-56(57)59(55)49-17-11-6-12-18-49)47-27-34-52(35-28-47)58(50-30-23-44(24-31-50)42-13-7-4-8-14-42)51-32-25-45(26-33-51)43-15-9-5-10-16-43/h3-25,27-32,34-40,53H,1,26,33H2,2H3/t40-,53?/m1/s1. The first kappa shape index (κ1) is 36.2. The summed E-state index contributed by atoms with van der Waals surface area (Å²) in [6.45, 7) is 6.36. The summed E-state index contributed by atoms with van der Waals surface area (Å²) >= 11 is 0. The van der Waals surface area contributed by atoms with Crippen LogP contribution in [0.1, 0.15) is 59.5 Å². The zero-order chi connectivity index (χ0) is 39.7. The lowest BCUT2D eigenvalue weighted by Gasteiger charge is -2.31. The van der Waals surface area contributed by atoms with Gasteiger partial charge in [0.2, 0.25) is 0 Å². The van der Waals surface area contributed by atoms with Gasteiger partial charge in [0.25, 0.3) is 0 Å². The smallest absolute Gasteiger partial charge is 0.0538 e. The van der Waals surface area contributed by atoms with Gasteiger partial charge in [-0.05, 0) is 130 Å². The van der Waals surface area contributed by atoms with Gasteiger partial charge in [-0.3, -0.25) is 0 Å². The van der Waals surface area contributed by atoms with Crippen LogP contribution in [-0.2, 0) is 0 Å². The number of rotatable bonds is 9. The number of hydrogen-bond acceptors (Lipinski definition) is 1. The van der Waals surface area contributed by atoms with Crippen molar-refractivity contribution in [3.05, 3.63) is 240 Å². The SMILES string of the molecule is C=Cc1ccc(-c2ccc3c(c2)c2c(n3-c3ccccc3)C=CC(c3ccc(N(C4=CC=C(c5ccccc5)CC4)c4ccc(-c5ccccc5)cc4)cc3)[C@H]2C)cc1. The summed E-state index contributed by atoms with van der Waals surface area (Å²) in [5.41, 5.74) is 18.7. The summed E-state index contributed by atoms with van der Waals surface area (Å²) in [5.74, 6) is 0.488. The van der Waals surface area contributed by atoms with Crippen LogP contribution >= 0.6 is 0 Å². The van der Waals surface area contributed by atoms with E-state index >= 15 is 0 Å². The highest BCUT2D eigenvalue weighted by Gasteiger charge is 2.30. The summed E-state index contributed by atoms with van der Waals surface area (Å²) in [6.07, 6.45) is 13.3. The predicted molar refractivity (Wildman–Crippen MR) is 251 cm³/mol. The lowest BCUT2D eigenvalue weighted by Crippen LogP contribution is -2.18. The molecule has 2 nitrogen and oxygen atoms in total. The molecule has 8 aromatic rings. The summed E-state index contributed by atoms with van der Waals surface area (Å²) in [7, 11) is 0. The summed E-state index contributed by atoms with van der Waals surface area (Å²) < 4.78 is 2.44. The Morgan fingerprint density at radius 1 is 0.576 bits per heavy atom. The lowest BCUT2D eigenvalue weighted by atomic mass is 9.78. The number of fused-ring (bicyclic) bond motifs is 3. The quantitative estimate of drug-likeness (QED) is 0.142. The van der Waals surface area contributed by atoms with Crippen LogP contribution in [0.3, 0.4) is 0 Å². The highest BCUT2D eigenvalue weighted by atomic mass is 15.1. The van der Waals surface area contributed by atoms with E-state index in [0.29, 0.717) is 0 Å². The van der Waals surface area contributed by atoms with E-state index in [4.69, 9.17) is 0 Å². The van der Waals surface area contributed by atoms with Gasteiger partial charge in [0.05, 0.1) is 11.2 Å². The fourth-order valence-electron chi connectivity index (χ4n) is 9.23. The summed E-state index contributed by atoms with van der Waals surface area (Å²) in [4.78, 5) is 2.45. The first-order valence-corrected chi connectivity index (χ1v) is 20.8. The molecule has 0 spiro atoms. The molecule has 0 saturated carbocycles. The van der Waals surface area contributed by atoms with Crippen molar-refractivity contribution >= 4 is 40.0 Å². The molecule has 0 amide bonds. The molecular formula is C57H46N2. The second kappa shape index (κ2) is 15.6. The van der Waals surface area contributed by atoms with Crippen LogP contribution in [0, 0.1) is 0 Å². The Morgan fingerprint density at radius 3 is 1.80 bits per heavy atom. The molecule has 2 heteroatoms. The number of anilines is 2. The van der Waals surface area contributed by atoms with Crippen molar-refractivity contribution in [2.45, 2.75) is 31.6 Å². The fraction of sp³-hybridized carbons (Fsp3) is 0.0877. The molecule has 0 N–H and O–H groups in total. The van der Waals surface area contributed by atoms with Crippen LogP contribution in [-0.4, -0.2) is 4.57 Å². The van der Waals surface area contributed by atoms with E-state index in [2.05, 4.69) is 229 Å². The van der Waals surface area contributed by atoms with E-state index in [-0.39, 0.29) is 11.8 Å². The second-order valence-corrected chi connectivity index (χ2v) is 15.8. The first-order chi connectivity index (χ1) is 29.1. The highest BCUT2D eigenvalue weighted by Crippen LogP contribution is 2.47. The van der Waals surface area contributed by atoms with Crippen molar-refractivity contribution in [1.82, 2.24) is 4.57 Å². The largest absolute Gasteiger partial charge is 0.314 e. The number of nitrogens with zero attached hydrogens (tertiary/aromatic N) is 2. The zero-order valence-electron chi connectivity index (χ0n) is 33.4. The molecule has 1 heterocycles. The lowest BCUT2D eigenvalue weighted by molar-refractivity contribution is 0.671. The third-order valence-electron chi connectivity index (χ3n) is 12.3. The molecular weight excluding hydrogens is 713 g/mol. The van der Waals surface area contributed by atoms with Crippen LogP contribution in [0.25, 0.3) is 56.6 Å².